The average molecular weight is 286 g/mol. The number of nitrogens with zero attached hydrogens (tertiary/aromatic N) is 1. The van der Waals surface area contributed by atoms with Gasteiger partial charge in [0, 0.05) is 4.47 Å². The summed E-state index contributed by atoms with van der Waals surface area (Å²) in [6.45, 7) is 2.84. The fraction of sp³-hybridized carbons (Fsp3) is 0.364. The van der Waals surface area contributed by atoms with Gasteiger partial charge in [0.2, 0.25) is 5.23 Å². The zero-order chi connectivity index (χ0) is 10.7. The Morgan fingerprint density at radius 3 is 2.87 bits per heavy atom. The molecule has 1 atom stereocenters. The molecule has 1 aliphatic rings. The first kappa shape index (κ1) is 11.0. The second kappa shape index (κ2) is 5.03. The van der Waals surface area contributed by atoms with Gasteiger partial charge in [0.15, 0.2) is 0 Å². The molecule has 1 aromatic rings. The summed E-state index contributed by atoms with van der Waals surface area (Å²) < 4.78 is 6.82. The van der Waals surface area contributed by atoms with Gasteiger partial charge in [0.1, 0.15) is 6.10 Å². The zero-order valence-corrected chi connectivity index (χ0v) is 10.8. The molecule has 0 aromatic heterocycles. The summed E-state index contributed by atoms with van der Waals surface area (Å²) >= 11 is 5.08. The van der Waals surface area contributed by atoms with Crippen LogP contribution in [-0.2, 0) is 4.74 Å². The van der Waals surface area contributed by atoms with Crippen LogP contribution < -0.4 is 0 Å². The molecule has 0 N–H and O–H groups in total. The van der Waals surface area contributed by atoms with Crippen molar-refractivity contribution < 1.29 is 4.74 Å². The second-order valence-electron chi connectivity index (χ2n) is 3.20. The van der Waals surface area contributed by atoms with E-state index in [-0.39, 0.29) is 6.10 Å². The molecule has 1 unspecified atom stereocenters. The van der Waals surface area contributed by atoms with Gasteiger partial charge in [-0.15, -0.1) is 0 Å². The van der Waals surface area contributed by atoms with E-state index in [0.29, 0.717) is 0 Å². The standard InChI is InChI=1S/C11H12BrNOS/c1-2-15-11-13-7-10(14-11)8-3-5-9(12)6-4-8/h3-6,10H,2,7H2,1H3. The summed E-state index contributed by atoms with van der Waals surface area (Å²) in [5, 5.41) is 0.824. The molecule has 0 amide bonds. The van der Waals surface area contributed by atoms with Crippen LogP contribution in [0.25, 0.3) is 0 Å². The smallest absolute Gasteiger partial charge is 0.246 e. The summed E-state index contributed by atoms with van der Waals surface area (Å²) in [6.07, 6.45) is 0.104. The maximum absolute atomic E-state index is 5.73. The van der Waals surface area contributed by atoms with Crippen LogP contribution in [0.4, 0.5) is 0 Å². The second-order valence-corrected chi connectivity index (χ2v) is 5.33. The zero-order valence-electron chi connectivity index (χ0n) is 8.44. The van der Waals surface area contributed by atoms with Crippen molar-refractivity contribution in [2.75, 3.05) is 12.3 Å². The van der Waals surface area contributed by atoms with Crippen LogP contribution >= 0.6 is 27.7 Å². The predicted molar refractivity (Wildman–Crippen MR) is 68.4 cm³/mol. The highest BCUT2D eigenvalue weighted by molar-refractivity contribution is 9.10. The fourth-order valence-electron chi connectivity index (χ4n) is 1.41. The topological polar surface area (TPSA) is 21.6 Å². The molecule has 4 heteroatoms. The van der Waals surface area contributed by atoms with Gasteiger partial charge in [0.25, 0.3) is 0 Å². The third kappa shape index (κ3) is 2.75. The minimum atomic E-state index is 0.104. The molecule has 2 nitrogen and oxygen atoms in total. The Kier molecular flexibility index (Phi) is 3.70. The van der Waals surface area contributed by atoms with Crippen LogP contribution in [0.1, 0.15) is 18.6 Å². The van der Waals surface area contributed by atoms with Gasteiger partial charge < -0.3 is 4.74 Å². The maximum atomic E-state index is 5.73. The molecule has 2 rings (SSSR count). The first-order valence-electron chi connectivity index (χ1n) is 4.89. The van der Waals surface area contributed by atoms with Gasteiger partial charge in [-0.3, -0.25) is 0 Å². The summed E-state index contributed by atoms with van der Waals surface area (Å²) in [5.41, 5.74) is 1.19. The Bertz CT molecular complexity index is 363. The van der Waals surface area contributed by atoms with E-state index in [1.807, 2.05) is 12.1 Å². The number of halogens is 1. The molecular formula is C11H12BrNOS. The van der Waals surface area contributed by atoms with Gasteiger partial charge in [-0.1, -0.05) is 46.7 Å². The van der Waals surface area contributed by atoms with Crippen molar-refractivity contribution in [2.24, 2.45) is 4.99 Å². The lowest BCUT2D eigenvalue weighted by atomic mass is 10.1. The van der Waals surface area contributed by atoms with Crippen LogP contribution in [0.3, 0.4) is 0 Å². The van der Waals surface area contributed by atoms with Crippen LogP contribution in [0, 0.1) is 0 Å². The summed E-state index contributed by atoms with van der Waals surface area (Å²) in [4.78, 5) is 4.35. The molecule has 1 aromatic carbocycles. The van der Waals surface area contributed by atoms with E-state index in [9.17, 15) is 0 Å². The number of rotatable bonds is 2. The highest BCUT2D eigenvalue weighted by Crippen LogP contribution is 2.27. The van der Waals surface area contributed by atoms with E-state index >= 15 is 0 Å². The Balaban J connectivity index is 2.01. The summed E-state index contributed by atoms with van der Waals surface area (Å²) in [5.74, 6) is 1.01. The molecule has 0 saturated carbocycles. The van der Waals surface area contributed by atoms with Crippen molar-refractivity contribution in [3.05, 3.63) is 34.3 Å². The van der Waals surface area contributed by atoms with Gasteiger partial charge in [-0.05, 0) is 23.4 Å². The Morgan fingerprint density at radius 1 is 1.47 bits per heavy atom. The maximum Gasteiger partial charge on any atom is 0.246 e. The van der Waals surface area contributed by atoms with Gasteiger partial charge in [-0.2, -0.15) is 0 Å². The SMILES string of the molecule is CCSC1=NCC(c2ccc(Br)cc2)O1. The average Bonchev–Trinajstić information content (AvgIpc) is 2.68. The van der Waals surface area contributed by atoms with Crippen molar-refractivity contribution in [1.29, 1.82) is 0 Å². The fourth-order valence-corrected chi connectivity index (χ4v) is 2.27. The van der Waals surface area contributed by atoms with Gasteiger partial charge in [-0.25, -0.2) is 4.99 Å². The molecule has 0 saturated heterocycles. The van der Waals surface area contributed by atoms with Crippen LogP contribution in [0.2, 0.25) is 0 Å². The predicted octanol–water partition coefficient (Wildman–Crippen LogP) is 3.63. The molecule has 80 valence electrons. The van der Waals surface area contributed by atoms with E-state index < -0.39 is 0 Å². The largest absolute Gasteiger partial charge is 0.463 e. The summed E-state index contributed by atoms with van der Waals surface area (Å²) in [6, 6.07) is 8.21. The van der Waals surface area contributed by atoms with Crippen LogP contribution in [-0.4, -0.2) is 17.5 Å². The van der Waals surface area contributed by atoms with E-state index in [2.05, 4.69) is 40.0 Å². The molecule has 0 aliphatic carbocycles. The first-order valence-corrected chi connectivity index (χ1v) is 6.67. The lowest BCUT2D eigenvalue weighted by Crippen LogP contribution is -2.02. The van der Waals surface area contributed by atoms with Crippen molar-refractivity contribution in [3.8, 4) is 0 Å². The molecule has 15 heavy (non-hydrogen) atoms. The van der Waals surface area contributed by atoms with Crippen molar-refractivity contribution in [1.82, 2.24) is 0 Å². The third-order valence-corrected chi connectivity index (χ3v) is 3.43. The number of ether oxygens (including phenoxy) is 1. The van der Waals surface area contributed by atoms with Crippen molar-refractivity contribution >= 4 is 32.9 Å². The Hall–Kier alpha value is -0.480. The molecule has 0 fully saturated rings. The van der Waals surface area contributed by atoms with E-state index in [4.69, 9.17) is 4.74 Å². The number of benzene rings is 1. The number of hydrogen-bond donors (Lipinski definition) is 0. The van der Waals surface area contributed by atoms with Crippen LogP contribution in [0.15, 0.2) is 33.7 Å². The third-order valence-electron chi connectivity index (χ3n) is 2.14. The molecule has 0 radical (unpaired) electrons. The normalized spacial score (nSPS) is 19.9. The number of aliphatic imine (C=N–C) groups is 1. The van der Waals surface area contributed by atoms with Gasteiger partial charge in [0.05, 0.1) is 6.54 Å². The Morgan fingerprint density at radius 2 is 2.20 bits per heavy atom. The number of hydrogen-bond acceptors (Lipinski definition) is 3. The van der Waals surface area contributed by atoms with Gasteiger partial charge >= 0.3 is 0 Å². The number of thioether (sulfide) groups is 1. The highest BCUT2D eigenvalue weighted by Gasteiger charge is 2.21. The molecule has 0 spiro atoms. The quantitative estimate of drug-likeness (QED) is 0.828. The van der Waals surface area contributed by atoms with Crippen molar-refractivity contribution in [3.63, 3.8) is 0 Å². The minimum Gasteiger partial charge on any atom is -0.463 e. The Labute approximate surface area is 102 Å². The van der Waals surface area contributed by atoms with E-state index in [1.54, 1.807) is 11.8 Å². The monoisotopic (exact) mass is 285 g/mol. The first-order chi connectivity index (χ1) is 7.29. The van der Waals surface area contributed by atoms with Crippen molar-refractivity contribution in [2.45, 2.75) is 13.0 Å². The van der Waals surface area contributed by atoms with E-state index in [1.165, 1.54) is 5.56 Å². The molecular weight excluding hydrogens is 274 g/mol. The molecule has 1 aliphatic heterocycles. The highest BCUT2D eigenvalue weighted by atomic mass is 79.9. The minimum absolute atomic E-state index is 0.104. The summed E-state index contributed by atoms with van der Waals surface area (Å²) in [7, 11) is 0. The van der Waals surface area contributed by atoms with Crippen LogP contribution in [0.5, 0.6) is 0 Å². The molecule has 1 heterocycles. The lowest BCUT2D eigenvalue weighted by Gasteiger charge is -2.10. The molecule has 0 bridgehead atoms. The van der Waals surface area contributed by atoms with E-state index in [0.717, 1.165) is 22.0 Å². The lowest BCUT2D eigenvalue weighted by molar-refractivity contribution is 0.236.